The van der Waals surface area contributed by atoms with Gasteiger partial charge in [0.25, 0.3) is 0 Å². The summed E-state index contributed by atoms with van der Waals surface area (Å²) in [6, 6.07) is 27.0. The molecule has 1 heterocycles. The van der Waals surface area contributed by atoms with Crippen molar-refractivity contribution < 1.29 is 0 Å². The summed E-state index contributed by atoms with van der Waals surface area (Å²) in [7, 11) is 0. The maximum Gasteiger partial charge on any atom is 0.0353 e. The van der Waals surface area contributed by atoms with E-state index in [4.69, 9.17) is 0 Å². The lowest BCUT2D eigenvalue weighted by molar-refractivity contribution is 0.660. The minimum absolute atomic E-state index is 0.0263. The smallest absolute Gasteiger partial charge is 0.0353 e. The number of rotatable bonds is 2. The Bertz CT molecular complexity index is 1670. The van der Waals surface area contributed by atoms with Crippen molar-refractivity contribution >= 4 is 27.1 Å². The number of nitrogens with zero attached hydrogens (tertiary/aromatic N) is 1. The molecule has 0 aliphatic heterocycles. The van der Waals surface area contributed by atoms with E-state index in [1.807, 2.05) is 6.20 Å². The van der Waals surface area contributed by atoms with Gasteiger partial charge in [0, 0.05) is 23.2 Å². The topological polar surface area (TPSA) is 12.9 Å². The highest BCUT2D eigenvalue weighted by atomic mass is 14.6. The van der Waals surface area contributed by atoms with Crippen LogP contribution in [0.25, 0.3) is 49.4 Å². The van der Waals surface area contributed by atoms with E-state index in [1.54, 1.807) is 0 Å². The molecule has 2 aliphatic rings. The Kier molecular flexibility index (Phi) is 4.23. The minimum Gasteiger partial charge on any atom is -0.264 e. The molecule has 1 unspecified atom stereocenters. The maximum atomic E-state index is 4.59. The molecule has 1 nitrogen and oxygen atoms in total. The molecule has 0 N–H and O–H groups in total. The monoisotopic (exact) mass is 449 g/mol. The Morgan fingerprint density at radius 3 is 2.23 bits per heavy atom. The number of allylic oxidation sites excluding steroid dienone is 4. The van der Waals surface area contributed by atoms with Crippen LogP contribution in [-0.4, -0.2) is 4.98 Å². The molecule has 2 aliphatic carbocycles. The van der Waals surface area contributed by atoms with Crippen LogP contribution in [0.15, 0.2) is 103 Å². The molecular weight excluding hydrogens is 422 g/mol. The summed E-state index contributed by atoms with van der Waals surface area (Å²) in [5.74, 6) is 0.403. The standard InChI is InChI=1S/C34H27N/c1-21-9-8-13-23(21)33-27-12-5-4-11-26(27)32(29-20-35-18-17-28(29)33)22-15-16-25-24-10-6-7-14-30(24)34(2,3)31(25)19-22/h4-21H,1-3H3. The Hall–Kier alpha value is -3.97. The SMILES string of the molecule is CC1C=CC=C1c1c2ccccc2c(-c2ccc3c(c2)C(C)(C)c2ccccc2-3)c2cnccc12. The zero-order valence-corrected chi connectivity index (χ0v) is 20.3. The average molecular weight is 450 g/mol. The first kappa shape index (κ1) is 20.4. The van der Waals surface area contributed by atoms with E-state index in [1.165, 1.54) is 66.1 Å². The van der Waals surface area contributed by atoms with Gasteiger partial charge in [-0.15, -0.1) is 0 Å². The van der Waals surface area contributed by atoms with Crippen LogP contribution in [-0.2, 0) is 5.41 Å². The van der Waals surface area contributed by atoms with Gasteiger partial charge >= 0.3 is 0 Å². The average Bonchev–Trinajstić information content (AvgIpc) is 3.41. The van der Waals surface area contributed by atoms with Crippen molar-refractivity contribution in [2.24, 2.45) is 5.92 Å². The van der Waals surface area contributed by atoms with Crippen LogP contribution in [0, 0.1) is 5.92 Å². The fourth-order valence-electron chi connectivity index (χ4n) is 6.40. The number of pyridine rings is 1. The Morgan fingerprint density at radius 1 is 0.714 bits per heavy atom. The van der Waals surface area contributed by atoms with Crippen LogP contribution < -0.4 is 0 Å². The predicted molar refractivity (Wildman–Crippen MR) is 149 cm³/mol. The van der Waals surface area contributed by atoms with Gasteiger partial charge in [-0.05, 0) is 78.7 Å². The molecule has 0 radical (unpaired) electrons. The van der Waals surface area contributed by atoms with Crippen molar-refractivity contribution in [3.05, 3.63) is 120 Å². The molecule has 0 amide bonds. The Labute approximate surface area is 206 Å². The van der Waals surface area contributed by atoms with Crippen LogP contribution >= 0.6 is 0 Å². The van der Waals surface area contributed by atoms with Crippen LogP contribution in [0.2, 0.25) is 0 Å². The highest BCUT2D eigenvalue weighted by Gasteiger charge is 2.35. The molecule has 0 saturated heterocycles. The zero-order chi connectivity index (χ0) is 23.7. The molecule has 0 fully saturated rings. The summed E-state index contributed by atoms with van der Waals surface area (Å²) in [6.07, 6.45) is 10.7. The number of hydrogen-bond donors (Lipinski definition) is 0. The Morgan fingerprint density at radius 2 is 1.43 bits per heavy atom. The van der Waals surface area contributed by atoms with E-state index in [2.05, 4.69) is 123 Å². The van der Waals surface area contributed by atoms with Crippen molar-refractivity contribution in [1.82, 2.24) is 4.98 Å². The number of aromatic nitrogens is 1. The van der Waals surface area contributed by atoms with E-state index >= 15 is 0 Å². The summed E-state index contributed by atoms with van der Waals surface area (Å²) in [5.41, 5.74) is 10.8. The zero-order valence-electron chi connectivity index (χ0n) is 20.3. The third-order valence-corrected chi connectivity index (χ3v) is 8.15. The van der Waals surface area contributed by atoms with Gasteiger partial charge in [-0.1, -0.05) is 99.7 Å². The van der Waals surface area contributed by atoms with Gasteiger partial charge in [0.2, 0.25) is 0 Å². The van der Waals surface area contributed by atoms with Gasteiger partial charge in [0.1, 0.15) is 0 Å². The normalized spacial score (nSPS) is 17.6. The van der Waals surface area contributed by atoms with E-state index in [9.17, 15) is 0 Å². The molecular formula is C34H27N. The minimum atomic E-state index is -0.0263. The van der Waals surface area contributed by atoms with Gasteiger partial charge in [0.05, 0.1) is 0 Å². The lowest BCUT2D eigenvalue weighted by atomic mass is 9.80. The van der Waals surface area contributed by atoms with E-state index in [-0.39, 0.29) is 5.41 Å². The molecule has 168 valence electrons. The highest BCUT2D eigenvalue weighted by Crippen LogP contribution is 2.51. The van der Waals surface area contributed by atoms with Gasteiger partial charge in [-0.2, -0.15) is 0 Å². The molecule has 5 aromatic rings. The fraction of sp³-hybridized carbons (Fsp3) is 0.147. The molecule has 7 rings (SSSR count). The van der Waals surface area contributed by atoms with Crippen LogP contribution in [0.1, 0.15) is 37.5 Å². The molecule has 4 aromatic carbocycles. The molecule has 1 heteroatoms. The fourth-order valence-corrected chi connectivity index (χ4v) is 6.40. The van der Waals surface area contributed by atoms with E-state index in [0.717, 1.165) is 0 Å². The summed E-state index contributed by atoms with van der Waals surface area (Å²) in [6.45, 7) is 6.98. The predicted octanol–water partition coefficient (Wildman–Crippen LogP) is 8.95. The van der Waals surface area contributed by atoms with Crippen molar-refractivity contribution in [1.29, 1.82) is 0 Å². The van der Waals surface area contributed by atoms with E-state index in [0.29, 0.717) is 5.92 Å². The lowest BCUT2D eigenvalue weighted by Gasteiger charge is -2.23. The van der Waals surface area contributed by atoms with Crippen molar-refractivity contribution in [2.45, 2.75) is 26.2 Å². The van der Waals surface area contributed by atoms with Crippen molar-refractivity contribution in [3.8, 4) is 22.3 Å². The number of hydrogen-bond acceptors (Lipinski definition) is 1. The second kappa shape index (κ2) is 7.26. The molecule has 0 saturated carbocycles. The first-order valence-electron chi connectivity index (χ1n) is 12.5. The van der Waals surface area contributed by atoms with Gasteiger partial charge in [-0.25, -0.2) is 0 Å². The molecule has 1 aromatic heterocycles. The molecule has 35 heavy (non-hydrogen) atoms. The molecule has 0 spiro atoms. The summed E-state index contributed by atoms with van der Waals surface area (Å²) < 4.78 is 0. The lowest BCUT2D eigenvalue weighted by Crippen LogP contribution is -2.14. The largest absolute Gasteiger partial charge is 0.264 e. The number of benzene rings is 4. The van der Waals surface area contributed by atoms with Crippen LogP contribution in [0.4, 0.5) is 0 Å². The quantitative estimate of drug-likeness (QED) is 0.245. The van der Waals surface area contributed by atoms with Gasteiger partial charge < -0.3 is 0 Å². The second-order valence-electron chi connectivity index (χ2n) is 10.4. The Balaban J connectivity index is 1.56. The summed E-state index contributed by atoms with van der Waals surface area (Å²) >= 11 is 0. The van der Waals surface area contributed by atoms with E-state index < -0.39 is 0 Å². The third kappa shape index (κ3) is 2.79. The summed E-state index contributed by atoms with van der Waals surface area (Å²) in [5, 5.41) is 5.09. The van der Waals surface area contributed by atoms with Crippen molar-refractivity contribution in [3.63, 3.8) is 0 Å². The molecule has 1 atom stereocenters. The second-order valence-corrected chi connectivity index (χ2v) is 10.4. The van der Waals surface area contributed by atoms with Crippen LogP contribution in [0.3, 0.4) is 0 Å². The maximum absolute atomic E-state index is 4.59. The van der Waals surface area contributed by atoms with Gasteiger partial charge in [0.15, 0.2) is 0 Å². The first-order valence-corrected chi connectivity index (χ1v) is 12.5. The first-order chi connectivity index (χ1) is 17.1. The molecule has 0 bridgehead atoms. The third-order valence-electron chi connectivity index (χ3n) is 8.15. The van der Waals surface area contributed by atoms with Crippen molar-refractivity contribution in [2.75, 3.05) is 0 Å². The van der Waals surface area contributed by atoms with Crippen LogP contribution in [0.5, 0.6) is 0 Å². The number of fused-ring (bicyclic) bond motifs is 5. The van der Waals surface area contributed by atoms with Gasteiger partial charge in [-0.3, -0.25) is 4.98 Å². The highest BCUT2D eigenvalue weighted by molar-refractivity contribution is 6.19. The summed E-state index contributed by atoms with van der Waals surface area (Å²) in [4.78, 5) is 4.59.